The Bertz CT molecular complexity index is 398. The molecule has 1 nitrogen and oxygen atoms in total. The average Bonchev–Trinajstić information content (AvgIpc) is 2.71. The van der Waals surface area contributed by atoms with Crippen molar-refractivity contribution in [2.75, 3.05) is 7.05 Å². The SMILES string of the molecule is CNCc1cccc(-c2cccs2)c1.Cl. The highest BCUT2D eigenvalue weighted by atomic mass is 35.5. The third-order valence-electron chi connectivity index (χ3n) is 2.11. The molecule has 0 atom stereocenters. The van der Waals surface area contributed by atoms with Gasteiger partial charge in [-0.1, -0.05) is 24.3 Å². The van der Waals surface area contributed by atoms with Gasteiger partial charge in [-0.05, 0) is 35.7 Å². The Morgan fingerprint density at radius 3 is 2.73 bits per heavy atom. The molecule has 3 heteroatoms. The summed E-state index contributed by atoms with van der Waals surface area (Å²) < 4.78 is 0. The Hall–Kier alpha value is -0.830. The largest absolute Gasteiger partial charge is 0.316 e. The van der Waals surface area contributed by atoms with Gasteiger partial charge in [0.15, 0.2) is 0 Å². The van der Waals surface area contributed by atoms with E-state index in [0.717, 1.165) is 6.54 Å². The highest BCUT2D eigenvalue weighted by molar-refractivity contribution is 7.13. The first-order valence-corrected chi connectivity index (χ1v) is 5.55. The minimum Gasteiger partial charge on any atom is -0.316 e. The molecule has 0 aliphatic rings. The van der Waals surface area contributed by atoms with E-state index in [4.69, 9.17) is 0 Å². The van der Waals surface area contributed by atoms with Crippen molar-refractivity contribution in [3.63, 3.8) is 0 Å². The lowest BCUT2D eigenvalue weighted by Crippen LogP contribution is -2.04. The van der Waals surface area contributed by atoms with Crippen molar-refractivity contribution < 1.29 is 0 Å². The Morgan fingerprint density at radius 1 is 1.20 bits per heavy atom. The third kappa shape index (κ3) is 3.06. The van der Waals surface area contributed by atoms with Crippen molar-refractivity contribution in [1.29, 1.82) is 0 Å². The highest BCUT2D eigenvalue weighted by Gasteiger charge is 1.98. The van der Waals surface area contributed by atoms with Crippen LogP contribution in [-0.4, -0.2) is 7.05 Å². The zero-order valence-electron chi connectivity index (χ0n) is 8.57. The van der Waals surface area contributed by atoms with Gasteiger partial charge in [0, 0.05) is 11.4 Å². The van der Waals surface area contributed by atoms with Crippen LogP contribution in [0.3, 0.4) is 0 Å². The summed E-state index contributed by atoms with van der Waals surface area (Å²) in [7, 11) is 1.97. The molecule has 0 bridgehead atoms. The summed E-state index contributed by atoms with van der Waals surface area (Å²) in [4.78, 5) is 1.34. The smallest absolute Gasteiger partial charge is 0.0342 e. The van der Waals surface area contributed by atoms with Gasteiger partial charge in [0.25, 0.3) is 0 Å². The molecule has 0 aliphatic carbocycles. The maximum atomic E-state index is 3.16. The molecular weight excluding hydrogens is 226 g/mol. The molecule has 2 aromatic rings. The lowest BCUT2D eigenvalue weighted by atomic mass is 10.1. The van der Waals surface area contributed by atoms with Crippen LogP contribution in [0.25, 0.3) is 10.4 Å². The fourth-order valence-electron chi connectivity index (χ4n) is 1.48. The van der Waals surface area contributed by atoms with Gasteiger partial charge < -0.3 is 5.32 Å². The summed E-state index contributed by atoms with van der Waals surface area (Å²) >= 11 is 1.78. The molecule has 0 saturated heterocycles. The number of hydrogen-bond acceptors (Lipinski definition) is 2. The van der Waals surface area contributed by atoms with Gasteiger partial charge >= 0.3 is 0 Å². The van der Waals surface area contributed by atoms with Crippen molar-refractivity contribution in [2.24, 2.45) is 0 Å². The summed E-state index contributed by atoms with van der Waals surface area (Å²) in [5, 5.41) is 5.27. The van der Waals surface area contributed by atoms with Crippen molar-refractivity contribution >= 4 is 23.7 Å². The Kier molecular flexibility index (Phi) is 4.82. The fraction of sp³-hybridized carbons (Fsp3) is 0.167. The van der Waals surface area contributed by atoms with Crippen LogP contribution in [0.4, 0.5) is 0 Å². The molecule has 1 heterocycles. The summed E-state index contributed by atoms with van der Waals surface area (Å²) in [6, 6.07) is 12.9. The first kappa shape index (κ1) is 12.2. The van der Waals surface area contributed by atoms with Gasteiger partial charge in [-0.15, -0.1) is 23.7 Å². The second-order valence-electron chi connectivity index (χ2n) is 3.21. The van der Waals surface area contributed by atoms with E-state index in [1.54, 1.807) is 11.3 Å². The molecule has 1 N–H and O–H groups in total. The van der Waals surface area contributed by atoms with Crippen molar-refractivity contribution in [3.8, 4) is 10.4 Å². The molecule has 1 aromatic carbocycles. The Morgan fingerprint density at radius 2 is 2.07 bits per heavy atom. The molecule has 0 amide bonds. The molecule has 15 heavy (non-hydrogen) atoms. The standard InChI is InChI=1S/C12H13NS.ClH/c1-13-9-10-4-2-5-11(8-10)12-6-3-7-14-12;/h2-8,13H,9H2,1H3;1H. The number of hydrogen-bond donors (Lipinski definition) is 1. The van der Waals surface area contributed by atoms with Crippen molar-refractivity contribution in [1.82, 2.24) is 5.32 Å². The molecule has 2 rings (SSSR count). The molecule has 0 radical (unpaired) electrons. The Balaban J connectivity index is 0.00000112. The Labute approximate surface area is 101 Å². The van der Waals surface area contributed by atoms with E-state index in [1.165, 1.54) is 16.0 Å². The van der Waals surface area contributed by atoms with Gasteiger partial charge in [-0.3, -0.25) is 0 Å². The van der Waals surface area contributed by atoms with E-state index in [9.17, 15) is 0 Å². The third-order valence-corrected chi connectivity index (χ3v) is 3.03. The molecule has 0 saturated carbocycles. The van der Waals surface area contributed by atoms with Crippen LogP contribution in [0, 0.1) is 0 Å². The van der Waals surface area contributed by atoms with Crippen LogP contribution in [0.15, 0.2) is 41.8 Å². The van der Waals surface area contributed by atoms with E-state index < -0.39 is 0 Å². The van der Waals surface area contributed by atoms with Crippen LogP contribution in [0.5, 0.6) is 0 Å². The first-order chi connectivity index (χ1) is 6.90. The van der Waals surface area contributed by atoms with Gasteiger partial charge in [0.2, 0.25) is 0 Å². The number of nitrogens with one attached hydrogen (secondary N) is 1. The number of benzene rings is 1. The van der Waals surface area contributed by atoms with Crippen LogP contribution in [-0.2, 0) is 6.54 Å². The maximum Gasteiger partial charge on any atom is 0.0342 e. The summed E-state index contributed by atoms with van der Waals surface area (Å²) in [5.41, 5.74) is 2.64. The predicted octanol–water partition coefficient (Wildman–Crippen LogP) is 3.56. The monoisotopic (exact) mass is 239 g/mol. The molecule has 0 aliphatic heterocycles. The molecule has 0 unspecified atom stereocenters. The minimum atomic E-state index is 0. The average molecular weight is 240 g/mol. The van der Waals surface area contributed by atoms with Crippen LogP contribution in [0.2, 0.25) is 0 Å². The van der Waals surface area contributed by atoms with Gasteiger partial charge in [0.1, 0.15) is 0 Å². The molecule has 0 fully saturated rings. The normalized spacial score (nSPS) is 9.67. The van der Waals surface area contributed by atoms with Gasteiger partial charge in [-0.25, -0.2) is 0 Å². The first-order valence-electron chi connectivity index (χ1n) is 4.67. The lowest BCUT2D eigenvalue weighted by Gasteiger charge is -2.02. The zero-order chi connectivity index (χ0) is 9.80. The lowest BCUT2D eigenvalue weighted by molar-refractivity contribution is 0.818. The van der Waals surface area contributed by atoms with Crippen molar-refractivity contribution in [2.45, 2.75) is 6.54 Å². The zero-order valence-corrected chi connectivity index (χ0v) is 10.2. The summed E-state index contributed by atoms with van der Waals surface area (Å²) in [6.45, 7) is 0.930. The van der Waals surface area contributed by atoms with Crippen LogP contribution in [0.1, 0.15) is 5.56 Å². The van der Waals surface area contributed by atoms with E-state index in [1.807, 2.05) is 7.05 Å². The quantitative estimate of drug-likeness (QED) is 0.864. The topological polar surface area (TPSA) is 12.0 Å². The van der Waals surface area contributed by atoms with E-state index >= 15 is 0 Å². The van der Waals surface area contributed by atoms with Crippen molar-refractivity contribution in [3.05, 3.63) is 47.3 Å². The van der Waals surface area contributed by atoms with Gasteiger partial charge in [-0.2, -0.15) is 0 Å². The molecule has 1 aromatic heterocycles. The molecular formula is C12H14ClNS. The molecule has 80 valence electrons. The number of halogens is 1. The second-order valence-corrected chi connectivity index (χ2v) is 4.16. The summed E-state index contributed by atoms with van der Waals surface area (Å²) in [5.74, 6) is 0. The van der Waals surface area contributed by atoms with Crippen LogP contribution >= 0.6 is 23.7 Å². The molecule has 0 spiro atoms. The maximum absolute atomic E-state index is 3.16. The summed E-state index contributed by atoms with van der Waals surface area (Å²) in [6.07, 6.45) is 0. The fourth-order valence-corrected chi connectivity index (χ4v) is 2.21. The minimum absolute atomic E-state index is 0. The predicted molar refractivity (Wildman–Crippen MR) is 69.8 cm³/mol. The number of thiophene rings is 1. The van der Waals surface area contributed by atoms with Gasteiger partial charge in [0.05, 0.1) is 0 Å². The van der Waals surface area contributed by atoms with E-state index in [0.29, 0.717) is 0 Å². The number of rotatable bonds is 3. The van der Waals surface area contributed by atoms with E-state index in [-0.39, 0.29) is 12.4 Å². The van der Waals surface area contributed by atoms with E-state index in [2.05, 4.69) is 47.1 Å². The highest BCUT2D eigenvalue weighted by Crippen LogP contribution is 2.24. The van der Waals surface area contributed by atoms with Crippen LogP contribution < -0.4 is 5.32 Å². The second kappa shape index (κ2) is 5.91.